The highest BCUT2D eigenvalue weighted by molar-refractivity contribution is 5.41. The number of aryl methyl sites for hydroxylation is 1. The molecule has 2 nitrogen and oxygen atoms in total. The van der Waals surface area contributed by atoms with E-state index in [1.54, 1.807) is 6.92 Å². The maximum atomic E-state index is 14.4. The topological polar surface area (TPSA) is 22.1 Å². The van der Waals surface area contributed by atoms with Gasteiger partial charge in [-0.05, 0) is 32.3 Å². The predicted molar refractivity (Wildman–Crippen MR) is 57.2 cm³/mol. The first-order valence-corrected chi connectivity index (χ1v) is 5.66. The van der Waals surface area contributed by atoms with Crippen LogP contribution in [0.25, 0.3) is 0 Å². The van der Waals surface area contributed by atoms with Gasteiger partial charge in [-0.3, -0.25) is 4.98 Å². The smallest absolute Gasteiger partial charge is 0.422 e. The van der Waals surface area contributed by atoms with Gasteiger partial charge in [-0.2, -0.15) is 13.2 Å². The van der Waals surface area contributed by atoms with Crippen molar-refractivity contribution in [3.63, 3.8) is 0 Å². The van der Waals surface area contributed by atoms with E-state index in [1.807, 2.05) is 0 Å². The van der Waals surface area contributed by atoms with Crippen molar-refractivity contribution in [3.8, 4) is 5.75 Å². The van der Waals surface area contributed by atoms with Crippen molar-refractivity contribution in [1.29, 1.82) is 0 Å². The molecule has 2 rings (SSSR count). The Bertz CT molecular complexity index is 440. The summed E-state index contributed by atoms with van der Waals surface area (Å²) in [6, 6.07) is 1.29. The van der Waals surface area contributed by atoms with Crippen LogP contribution in [0.15, 0.2) is 12.3 Å². The lowest BCUT2D eigenvalue weighted by Crippen LogP contribution is -2.31. The highest BCUT2D eigenvalue weighted by atomic mass is 19.4. The molecular weight excluding hydrogens is 250 g/mol. The van der Waals surface area contributed by atoms with E-state index in [2.05, 4.69) is 4.98 Å². The van der Waals surface area contributed by atoms with Crippen LogP contribution in [0.2, 0.25) is 0 Å². The van der Waals surface area contributed by atoms with E-state index in [4.69, 9.17) is 4.74 Å². The third-order valence-electron chi connectivity index (χ3n) is 3.09. The maximum Gasteiger partial charge on any atom is 0.422 e. The molecule has 1 aliphatic carbocycles. The molecule has 0 spiro atoms. The van der Waals surface area contributed by atoms with Crippen LogP contribution in [0.4, 0.5) is 17.6 Å². The van der Waals surface area contributed by atoms with Crippen molar-refractivity contribution in [1.82, 2.24) is 4.98 Å². The summed E-state index contributed by atoms with van der Waals surface area (Å²) in [7, 11) is 0. The normalized spacial score (nSPS) is 18.3. The Morgan fingerprint density at radius 2 is 2.06 bits per heavy atom. The van der Waals surface area contributed by atoms with E-state index in [9.17, 15) is 17.6 Å². The van der Waals surface area contributed by atoms with Crippen LogP contribution in [-0.4, -0.2) is 17.8 Å². The third kappa shape index (κ3) is 2.57. The number of alkyl halides is 4. The number of halogens is 4. The van der Waals surface area contributed by atoms with Gasteiger partial charge in [-0.25, -0.2) is 4.39 Å². The van der Waals surface area contributed by atoms with Gasteiger partial charge in [0.25, 0.3) is 0 Å². The Morgan fingerprint density at radius 3 is 2.56 bits per heavy atom. The zero-order valence-corrected chi connectivity index (χ0v) is 9.85. The summed E-state index contributed by atoms with van der Waals surface area (Å²) < 4.78 is 55.5. The molecular formula is C12H13F4NO. The predicted octanol–water partition coefficient (Wildman–Crippen LogP) is 3.68. The molecule has 1 aliphatic rings. The van der Waals surface area contributed by atoms with Gasteiger partial charge >= 0.3 is 6.18 Å². The molecule has 100 valence electrons. The lowest BCUT2D eigenvalue weighted by molar-refractivity contribution is -0.154. The van der Waals surface area contributed by atoms with Gasteiger partial charge in [0, 0.05) is 11.9 Å². The molecule has 0 amide bonds. The second-order valence-electron chi connectivity index (χ2n) is 4.49. The molecule has 1 aromatic heterocycles. The zero-order chi connectivity index (χ0) is 13.4. The first kappa shape index (κ1) is 13.1. The van der Waals surface area contributed by atoms with Gasteiger partial charge in [0.15, 0.2) is 6.61 Å². The summed E-state index contributed by atoms with van der Waals surface area (Å²) in [6.07, 6.45) is -1.77. The van der Waals surface area contributed by atoms with Gasteiger partial charge in [-0.1, -0.05) is 0 Å². The molecule has 0 N–H and O–H groups in total. The fourth-order valence-electron chi connectivity index (χ4n) is 2.10. The molecule has 1 heterocycles. The van der Waals surface area contributed by atoms with Crippen LogP contribution in [0.1, 0.15) is 30.5 Å². The molecule has 0 unspecified atom stereocenters. The number of hydrogen-bond acceptors (Lipinski definition) is 2. The van der Waals surface area contributed by atoms with E-state index < -0.39 is 18.5 Å². The van der Waals surface area contributed by atoms with E-state index in [-0.39, 0.29) is 11.3 Å². The molecule has 1 fully saturated rings. The fraction of sp³-hybridized carbons (Fsp3) is 0.583. The minimum Gasteiger partial charge on any atom is -0.484 e. The molecule has 0 radical (unpaired) electrons. The average molecular weight is 263 g/mol. The van der Waals surface area contributed by atoms with Crippen LogP contribution in [0.3, 0.4) is 0 Å². The van der Waals surface area contributed by atoms with Crippen molar-refractivity contribution in [2.75, 3.05) is 6.61 Å². The van der Waals surface area contributed by atoms with Gasteiger partial charge in [0.1, 0.15) is 11.4 Å². The second-order valence-corrected chi connectivity index (χ2v) is 4.49. The summed E-state index contributed by atoms with van der Waals surface area (Å²) in [5.74, 6) is -0.0537. The SMILES string of the molecule is Cc1nccc(OCC(F)(F)F)c1C1(F)CCC1. The number of rotatable bonds is 3. The van der Waals surface area contributed by atoms with Crippen molar-refractivity contribution in [2.24, 2.45) is 0 Å². The van der Waals surface area contributed by atoms with Crippen LogP contribution < -0.4 is 4.74 Å². The molecule has 1 aromatic rings. The minimum atomic E-state index is -4.43. The fourth-order valence-corrected chi connectivity index (χ4v) is 2.10. The van der Waals surface area contributed by atoms with Gasteiger partial charge in [-0.15, -0.1) is 0 Å². The maximum absolute atomic E-state index is 14.4. The van der Waals surface area contributed by atoms with Gasteiger partial charge < -0.3 is 4.74 Å². The first-order valence-electron chi connectivity index (χ1n) is 5.66. The average Bonchev–Trinajstić information content (AvgIpc) is 2.22. The van der Waals surface area contributed by atoms with E-state index >= 15 is 0 Å². The lowest BCUT2D eigenvalue weighted by Gasteiger charge is -2.36. The number of aromatic nitrogens is 1. The molecule has 6 heteroatoms. The Labute approximate surface area is 102 Å². The van der Waals surface area contributed by atoms with Crippen LogP contribution in [-0.2, 0) is 5.67 Å². The van der Waals surface area contributed by atoms with Gasteiger partial charge in [0.05, 0.1) is 5.56 Å². The quantitative estimate of drug-likeness (QED) is 0.776. The molecule has 0 aliphatic heterocycles. The molecule has 0 aromatic carbocycles. The summed E-state index contributed by atoms with van der Waals surface area (Å²) in [5.41, 5.74) is -1.03. The summed E-state index contributed by atoms with van der Waals surface area (Å²) in [6.45, 7) is 0.162. The highest BCUT2D eigenvalue weighted by Gasteiger charge is 2.43. The highest BCUT2D eigenvalue weighted by Crippen LogP contribution is 2.49. The molecule has 0 bridgehead atoms. The standard InChI is InChI=1S/C12H13F4NO/c1-8-10(11(13)4-2-5-11)9(3-6-17-8)18-7-12(14,15)16/h3,6H,2,4-5,7H2,1H3. The van der Waals surface area contributed by atoms with Crippen molar-refractivity contribution < 1.29 is 22.3 Å². The number of pyridine rings is 1. The van der Waals surface area contributed by atoms with Gasteiger partial charge in [0.2, 0.25) is 0 Å². The lowest BCUT2D eigenvalue weighted by atomic mass is 9.76. The molecule has 0 atom stereocenters. The summed E-state index contributed by atoms with van der Waals surface area (Å²) in [5, 5.41) is 0. The summed E-state index contributed by atoms with van der Waals surface area (Å²) >= 11 is 0. The second kappa shape index (κ2) is 4.40. The number of hydrogen-bond donors (Lipinski definition) is 0. The van der Waals surface area contributed by atoms with Crippen LogP contribution >= 0.6 is 0 Å². The molecule has 1 saturated carbocycles. The van der Waals surface area contributed by atoms with E-state index in [1.165, 1.54) is 12.3 Å². The van der Waals surface area contributed by atoms with Crippen LogP contribution in [0, 0.1) is 6.92 Å². The summed E-state index contributed by atoms with van der Waals surface area (Å²) in [4.78, 5) is 3.93. The first-order chi connectivity index (χ1) is 8.32. The molecule has 0 saturated heterocycles. The van der Waals surface area contributed by atoms with E-state index in [0.29, 0.717) is 18.5 Å². The van der Waals surface area contributed by atoms with Crippen molar-refractivity contribution >= 4 is 0 Å². The third-order valence-corrected chi connectivity index (χ3v) is 3.09. The largest absolute Gasteiger partial charge is 0.484 e. The van der Waals surface area contributed by atoms with Crippen molar-refractivity contribution in [3.05, 3.63) is 23.5 Å². The monoisotopic (exact) mass is 263 g/mol. The van der Waals surface area contributed by atoms with Crippen molar-refractivity contribution in [2.45, 2.75) is 38.0 Å². The molecule has 18 heavy (non-hydrogen) atoms. The number of ether oxygens (including phenoxy) is 1. The minimum absolute atomic E-state index is 0.0537. The Morgan fingerprint density at radius 1 is 1.39 bits per heavy atom. The van der Waals surface area contributed by atoms with E-state index in [0.717, 1.165) is 6.42 Å². The Balaban J connectivity index is 2.27. The van der Waals surface area contributed by atoms with Crippen LogP contribution in [0.5, 0.6) is 5.75 Å². The Hall–Kier alpha value is -1.33. The zero-order valence-electron chi connectivity index (χ0n) is 9.85. The Kier molecular flexibility index (Phi) is 3.21. The number of nitrogens with zero attached hydrogens (tertiary/aromatic N) is 1.